The molecule has 0 aromatic rings. The molecule has 0 spiro atoms. The van der Waals surface area contributed by atoms with E-state index in [0.29, 0.717) is 0 Å². The number of rotatable bonds is 3. The van der Waals surface area contributed by atoms with E-state index in [9.17, 15) is 0 Å². The van der Waals surface area contributed by atoms with Crippen molar-refractivity contribution in [3.05, 3.63) is 0 Å². The van der Waals surface area contributed by atoms with Crippen molar-refractivity contribution < 1.29 is 9.47 Å². The van der Waals surface area contributed by atoms with Crippen LogP contribution in [0.2, 0.25) is 0 Å². The Balaban J connectivity index is 2.41. The van der Waals surface area contributed by atoms with Gasteiger partial charge in [0.2, 0.25) is 0 Å². The van der Waals surface area contributed by atoms with Gasteiger partial charge in [0.1, 0.15) is 0 Å². The maximum atomic E-state index is 5.48. The van der Waals surface area contributed by atoms with Gasteiger partial charge in [-0.3, -0.25) is 0 Å². The van der Waals surface area contributed by atoms with Crippen LogP contribution in [-0.4, -0.2) is 24.3 Å². The molecule has 0 N–H and O–H groups in total. The van der Waals surface area contributed by atoms with E-state index in [-0.39, 0.29) is 5.79 Å². The van der Waals surface area contributed by atoms with Crippen molar-refractivity contribution in [1.82, 2.24) is 0 Å². The molecule has 10 heavy (non-hydrogen) atoms. The maximum absolute atomic E-state index is 5.48. The third kappa shape index (κ3) is 1.71. The standard InChI is InChI=1S/C7H13BrO2/c1-2-7(3-4-8)9-5-6-10-7/h2-6H2,1H3. The van der Waals surface area contributed by atoms with Crippen LogP contribution in [0.25, 0.3) is 0 Å². The smallest absolute Gasteiger partial charge is 0.169 e. The van der Waals surface area contributed by atoms with Crippen LogP contribution < -0.4 is 0 Å². The van der Waals surface area contributed by atoms with Gasteiger partial charge in [-0.1, -0.05) is 22.9 Å². The van der Waals surface area contributed by atoms with Crippen molar-refractivity contribution in [2.45, 2.75) is 25.6 Å². The molecule has 0 aromatic heterocycles. The van der Waals surface area contributed by atoms with Gasteiger partial charge in [-0.15, -0.1) is 0 Å². The molecule has 1 saturated heterocycles. The summed E-state index contributed by atoms with van der Waals surface area (Å²) in [5.41, 5.74) is 0. The molecule has 1 aliphatic heterocycles. The van der Waals surface area contributed by atoms with Crippen LogP contribution in [0.5, 0.6) is 0 Å². The Labute approximate surface area is 70.0 Å². The normalized spacial score (nSPS) is 23.4. The van der Waals surface area contributed by atoms with Crippen LogP contribution in [0.15, 0.2) is 0 Å². The number of hydrogen-bond acceptors (Lipinski definition) is 2. The van der Waals surface area contributed by atoms with E-state index in [1.165, 1.54) is 0 Å². The van der Waals surface area contributed by atoms with Gasteiger partial charge in [-0.2, -0.15) is 0 Å². The van der Waals surface area contributed by atoms with Crippen LogP contribution in [0.3, 0.4) is 0 Å². The topological polar surface area (TPSA) is 18.5 Å². The first kappa shape index (κ1) is 8.50. The molecule has 1 rings (SSSR count). The zero-order chi connectivity index (χ0) is 7.45. The molecule has 0 aromatic carbocycles. The monoisotopic (exact) mass is 208 g/mol. The highest BCUT2D eigenvalue weighted by Crippen LogP contribution is 2.27. The summed E-state index contributed by atoms with van der Waals surface area (Å²) < 4.78 is 11.0. The first-order valence-electron chi connectivity index (χ1n) is 3.67. The second kappa shape index (κ2) is 3.69. The highest BCUT2D eigenvalue weighted by Gasteiger charge is 2.33. The molecule has 0 aliphatic carbocycles. The van der Waals surface area contributed by atoms with Gasteiger partial charge in [0.15, 0.2) is 5.79 Å². The molecule has 0 radical (unpaired) electrons. The summed E-state index contributed by atoms with van der Waals surface area (Å²) in [4.78, 5) is 0. The van der Waals surface area contributed by atoms with Crippen molar-refractivity contribution in [3.8, 4) is 0 Å². The zero-order valence-corrected chi connectivity index (χ0v) is 7.82. The van der Waals surface area contributed by atoms with Gasteiger partial charge in [0.25, 0.3) is 0 Å². The third-order valence-corrected chi connectivity index (χ3v) is 2.22. The van der Waals surface area contributed by atoms with E-state index in [1.54, 1.807) is 0 Å². The largest absolute Gasteiger partial charge is 0.348 e. The number of halogens is 1. The molecule has 0 bridgehead atoms. The Morgan fingerprint density at radius 2 is 2.00 bits per heavy atom. The Hall–Kier alpha value is 0.400. The molecular weight excluding hydrogens is 196 g/mol. The minimum atomic E-state index is -0.260. The Kier molecular flexibility index (Phi) is 3.14. The van der Waals surface area contributed by atoms with E-state index < -0.39 is 0 Å². The summed E-state index contributed by atoms with van der Waals surface area (Å²) >= 11 is 3.38. The van der Waals surface area contributed by atoms with E-state index in [0.717, 1.165) is 31.4 Å². The number of alkyl halides is 1. The lowest BCUT2D eigenvalue weighted by Gasteiger charge is -2.24. The summed E-state index contributed by atoms with van der Waals surface area (Å²) in [7, 11) is 0. The summed E-state index contributed by atoms with van der Waals surface area (Å²) in [6.07, 6.45) is 1.89. The van der Waals surface area contributed by atoms with E-state index >= 15 is 0 Å². The molecular formula is C7H13BrO2. The Morgan fingerprint density at radius 3 is 2.40 bits per heavy atom. The second-order valence-electron chi connectivity index (χ2n) is 2.40. The summed E-state index contributed by atoms with van der Waals surface area (Å²) in [5.74, 6) is -0.260. The molecule has 60 valence electrons. The minimum absolute atomic E-state index is 0.260. The van der Waals surface area contributed by atoms with Crippen molar-refractivity contribution in [2.24, 2.45) is 0 Å². The van der Waals surface area contributed by atoms with Gasteiger partial charge >= 0.3 is 0 Å². The van der Waals surface area contributed by atoms with Crippen LogP contribution in [-0.2, 0) is 9.47 Å². The van der Waals surface area contributed by atoms with Gasteiger partial charge in [0.05, 0.1) is 13.2 Å². The molecule has 0 amide bonds. The van der Waals surface area contributed by atoms with Crippen molar-refractivity contribution in [3.63, 3.8) is 0 Å². The fourth-order valence-corrected chi connectivity index (χ4v) is 1.77. The fraction of sp³-hybridized carbons (Fsp3) is 1.00. The van der Waals surface area contributed by atoms with Crippen molar-refractivity contribution in [2.75, 3.05) is 18.5 Å². The lowest BCUT2D eigenvalue weighted by Crippen LogP contribution is -2.29. The van der Waals surface area contributed by atoms with E-state index in [1.807, 2.05) is 0 Å². The summed E-state index contributed by atoms with van der Waals surface area (Å²) in [5, 5.41) is 0.945. The third-order valence-electron chi connectivity index (χ3n) is 1.83. The van der Waals surface area contributed by atoms with Crippen molar-refractivity contribution in [1.29, 1.82) is 0 Å². The predicted octanol–water partition coefficient (Wildman–Crippen LogP) is 1.92. The molecule has 1 aliphatic rings. The average molecular weight is 209 g/mol. The maximum Gasteiger partial charge on any atom is 0.169 e. The predicted molar refractivity (Wildman–Crippen MR) is 43.3 cm³/mol. The van der Waals surface area contributed by atoms with Crippen LogP contribution in [0.4, 0.5) is 0 Å². The summed E-state index contributed by atoms with van der Waals surface area (Å²) in [6, 6.07) is 0. The molecule has 1 fully saturated rings. The first-order valence-corrected chi connectivity index (χ1v) is 4.79. The van der Waals surface area contributed by atoms with Crippen molar-refractivity contribution >= 4 is 15.9 Å². The van der Waals surface area contributed by atoms with Gasteiger partial charge in [0, 0.05) is 11.8 Å². The number of ether oxygens (including phenoxy) is 2. The molecule has 1 heterocycles. The number of hydrogen-bond donors (Lipinski definition) is 0. The lowest BCUT2D eigenvalue weighted by molar-refractivity contribution is -0.159. The Bertz CT molecular complexity index is 99.8. The van der Waals surface area contributed by atoms with Gasteiger partial charge in [-0.05, 0) is 6.42 Å². The van der Waals surface area contributed by atoms with Crippen LogP contribution >= 0.6 is 15.9 Å². The first-order chi connectivity index (χ1) is 4.83. The van der Waals surface area contributed by atoms with Crippen LogP contribution in [0, 0.1) is 0 Å². The average Bonchev–Trinajstić information content (AvgIpc) is 2.39. The highest BCUT2D eigenvalue weighted by molar-refractivity contribution is 9.09. The van der Waals surface area contributed by atoms with Gasteiger partial charge < -0.3 is 9.47 Å². The molecule has 0 unspecified atom stereocenters. The minimum Gasteiger partial charge on any atom is -0.348 e. The zero-order valence-electron chi connectivity index (χ0n) is 6.23. The Morgan fingerprint density at radius 1 is 1.40 bits per heavy atom. The highest BCUT2D eigenvalue weighted by atomic mass is 79.9. The van der Waals surface area contributed by atoms with Crippen LogP contribution in [0.1, 0.15) is 19.8 Å². The molecule has 0 saturated carbocycles. The van der Waals surface area contributed by atoms with E-state index in [4.69, 9.17) is 9.47 Å². The summed E-state index contributed by atoms with van der Waals surface area (Å²) in [6.45, 7) is 3.59. The molecule has 2 nitrogen and oxygen atoms in total. The molecule has 0 atom stereocenters. The fourth-order valence-electron chi connectivity index (χ4n) is 1.17. The second-order valence-corrected chi connectivity index (χ2v) is 3.19. The molecule has 3 heteroatoms. The SMILES string of the molecule is CCC1(CCBr)OCCO1. The van der Waals surface area contributed by atoms with Gasteiger partial charge in [-0.25, -0.2) is 0 Å². The quantitative estimate of drug-likeness (QED) is 0.661. The van der Waals surface area contributed by atoms with E-state index in [2.05, 4.69) is 22.9 Å². The lowest BCUT2D eigenvalue weighted by atomic mass is 10.1.